The summed E-state index contributed by atoms with van der Waals surface area (Å²) in [4.78, 5) is 0. The first-order valence-electron chi connectivity index (χ1n) is 6.67. The minimum atomic E-state index is 0. The molecule has 2 unspecified atom stereocenters. The van der Waals surface area contributed by atoms with Crippen LogP contribution in [0, 0.1) is 49.1 Å². The molecule has 0 heterocycles. The van der Waals surface area contributed by atoms with Crippen molar-refractivity contribution in [1.82, 2.24) is 0 Å². The molecule has 2 atom stereocenters. The predicted octanol–water partition coefficient (Wildman–Crippen LogP) is 7.30. The molecule has 0 radical (unpaired) electrons. The van der Waals surface area contributed by atoms with E-state index in [1.807, 2.05) is 30.3 Å². The topological polar surface area (TPSA) is 0 Å². The molecule has 2 aromatic rings. The Morgan fingerprint density at radius 1 is 0.958 bits per heavy atom. The van der Waals surface area contributed by atoms with E-state index < -0.39 is 0 Å². The molecule has 0 nitrogen and oxygen atoms in total. The summed E-state index contributed by atoms with van der Waals surface area (Å²) in [7, 11) is 0. The molecule has 1 heteroatoms. The van der Waals surface area contributed by atoms with Crippen LogP contribution >= 0.6 is 0 Å². The average Bonchev–Trinajstić information content (AvgIpc) is 3.10. The second-order valence-electron chi connectivity index (χ2n) is 4.77. The second-order valence-corrected chi connectivity index (χ2v) is 4.77. The van der Waals surface area contributed by atoms with E-state index in [1.54, 1.807) is 0 Å². The number of hydrogen-bond donors (Lipinski definition) is 0. The Bertz CT molecular complexity index is 465. The van der Waals surface area contributed by atoms with Gasteiger partial charge in [0.05, 0.1) is 0 Å². The van der Waals surface area contributed by atoms with Gasteiger partial charge in [0, 0.05) is 25.8 Å². The fraction of sp³-hybridized carbons (Fsp3) is 0.217. The minimum Gasteiger partial charge on any atom is -0.358 e. The molecular formula is C23H35Hf-7. The maximum Gasteiger partial charge on any atom is 0 e. The van der Waals surface area contributed by atoms with Gasteiger partial charge in [-0.25, -0.2) is 18.2 Å². The molecule has 0 N–H and O–H groups in total. The van der Waals surface area contributed by atoms with E-state index in [0.717, 1.165) is 0 Å². The van der Waals surface area contributed by atoms with Crippen LogP contribution in [0.1, 0.15) is 37.3 Å². The Labute approximate surface area is 172 Å². The molecule has 0 bridgehead atoms. The molecule has 138 valence electrons. The number of fused-ring (bicyclic) bond motifs is 1. The number of benzene rings is 1. The number of hydrogen-bond acceptors (Lipinski definition) is 0. The Hall–Kier alpha value is -0.820. The first-order valence-corrected chi connectivity index (χ1v) is 6.67. The zero-order valence-electron chi connectivity index (χ0n) is 16.6. The van der Waals surface area contributed by atoms with Crippen molar-refractivity contribution in [3.63, 3.8) is 0 Å². The average molecular weight is 490 g/mol. The fourth-order valence-electron chi connectivity index (χ4n) is 2.22. The van der Waals surface area contributed by atoms with Crippen molar-refractivity contribution in [1.29, 1.82) is 0 Å². The summed E-state index contributed by atoms with van der Waals surface area (Å²) in [5.74, 6) is 1.24. The van der Waals surface area contributed by atoms with Gasteiger partial charge >= 0.3 is 0 Å². The summed E-state index contributed by atoms with van der Waals surface area (Å²) in [6.07, 6.45) is 6.80. The number of allylic oxidation sites excluding steroid dienone is 1. The van der Waals surface area contributed by atoms with Crippen LogP contribution in [-0.4, -0.2) is 0 Å². The molecule has 0 saturated carbocycles. The Morgan fingerprint density at radius 3 is 1.96 bits per heavy atom. The molecule has 24 heavy (non-hydrogen) atoms. The Morgan fingerprint density at radius 2 is 1.50 bits per heavy atom. The van der Waals surface area contributed by atoms with Crippen LogP contribution in [0.4, 0.5) is 0 Å². The van der Waals surface area contributed by atoms with Gasteiger partial charge in [0.1, 0.15) is 0 Å². The van der Waals surface area contributed by atoms with Gasteiger partial charge < -0.3 is 37.1 Å². The van der Waals surface area contributed by atoms with Gasteiger partial charge in [-0.2, -0.15) is 23.8 Å². The summed E-state index contributed by atoms with van der Waals surface area (Å²) >= 11 is 0. The van der Waals surface area contributed by atoms with Crippen molar-refractivity contribution in [2.24, 2.45) is 5.92 Å². The molecule has 0 fully saturated rings. The van der Waals surface area contributed by atoms with Crippen LogP contribution < -0.4 is 0 Å². The largest absolute Gasteiger partial charge is 0.358 e. The van der Waals surface area contributed by atoms with E-state index in [2.05, 4.69) is 50.3 Å². The van der Waals surface area contributed by atoms with Gasteiger partial charge in [-0.05, 0) is 0 Å². The molecule has 0 spiro atoms. The predicted molar refractivity (Wildman–Crippen MR) is 110 cm³/mol. The summed E-state index contributed by atoms with van der Waals surface area (Å²) in [5.41, 5.74) is 2.81. The van der Waals surface area contributed by atoms with Gasteiger partial charge in [0.15, 0.2) is 0 Å². The van der Waals surface area contributed by atoms with Gasteiger partial charge in [-0.3, -0.25) is 6.08 Å². The van der Waals surface area contributed by atoms with Crippen molar-refractivity contribution in [3.05, 3.63) is 109 Å². The summed E-state index contributed by atoms with van der Waals surface area (Å²) in [6.45, 7) is 4.54. The van der Waals surface area contributed by atoms with Crippen molar-refractivity contribution in [2.75, 3.05) is 0 Å². The molecule has 0 saturated heterocycles. The molecule has 2 aromatic carbocycles. The molecular weight excluding hydrogens is 455 g/mol. The molecule has 1 aliphatic rings. The first-order chi connectivity index (χ1) is 8.83. The van der Waals surface area contributed by atoms with Gasteiger partial charge in [-0.1, -0.05) is 50.3 Å². The van der Waals surface area contributed by atoms with E-state index in [-0.39, 0.29) is 63.0 Å². The van der Waals surface area contributed by atoms with Crippen molar-refractivity contribution >= 4 is 6.08 Å². The van der Waals surface area contributed by atoms with Crippen molar-refractivity contribution < 1.29 is 25.8 Å². The van der Waals surface area contributed by atoms with Gasteiger partial charge in [-0.15, -0.1) is 11.6 Å². The van der Waals surface area contributed by atoms with E-state index in [0.29, 0.717) is 11.8 Å². The fourth-order valence-corrected chi connectivity index (χ4v) is 2.22. The normalized spacial score (nSPS) is 13.3. The zero-order chi connectivity index (χ0) is 12.8. The van der Waals surface area contributed by atoms with E-state index in [1.165, 1.54) is 17.5 Å². The zero-order valence-corrected chi connectivity index (χ0v) is 20.2. The van der Waals surface area contributed by atoms with E-state index in [4.69, 9.17) is 0 Å². The van der Waals surface area contributed by atoms with Crippen LogP contribution in [0.15, 0.2) is 54.6 Å². The van der Waals surface area contributed by atoms with Crippen LogP contribution in [0.3, 0.4) is 0 Å². The Kier molecular flexibility index (Phi) is 26.6. The standard InChI is InChI=1S/C13H15.C5H5.5CH3.Hf/c1-3-10(2)12-9-8-11-6-4-5-7-13(11)12;1-2-4-5-3-1;;;;;;/h4-8,10,12H,3H2,1-2H3;1-5H;5*1H3;/q7*-1;. The molecule has 0 aromatic heterocycles. The van der Waals surface area contributed by atoms with E-state index >= 15 is 0 Å². The molecule has 0 aliphatic heterocycles. The van der Waals surface area contributed by atoms with Gasteiger partial charge in [0.25, 0.3) is 0 Å². The molecule has 1 aliphatic carbocycles. The van der Waals surface area contributed by atoms with Crippen molar-refractivity contribution in [3.8, 4) is 0 Å². The maximum atomic E-state index is 3.45. The Balaban J connectivity index is -0.0000000973. The minimum absolute atomic E-state index is 0. The van der Waals surface area contributed by atoms with Crippen LogP contribution in [0.25, 0.3) is 6.08 Å². The smallest absolute Gasteiger partial charge is 0 e. The maximum absolute atomic E-state index is 3.45. The third kappa shape index (κ3) is 9.47. The van der Waals surface area contributed by atoms with Gasteiger partial charge in [0.2, 0.25) is 0 Å². The quantitative estimate of drug-likeness (QED) is 0.306. The third-order valence-electron chi connectivity index (χ3n) is 3.52. The summed E-state index contributed by atoms with van der Waals surface area (Å²) in [5, 5.41) is 0. The summed E-state index contributed by atoms with van der Waals surface area (Å²) in [6, 6.07) is 18.6. The number of rotatable bonds is 2. The first kappa shape index (κ1) is 34.5. The third-order valence-corrected chi connectivity index (χ3v) is 3.52. The van der Waals surface area contributed by atoms with Crippen LogP contribution in [0.5, 0.6) is 0 Å². The summed E-state index contributed by atoms with van der Waals surface area (Å²) < 4.78 is 0. The monoisotopic (exact) mass is 491 g/mol. The van der Waals surface area contributed by atoms with Crippen LogP contribution in [0.2, 0.25) is 0 Å². The SMILES string of the molecule is CCC(C)C1[C-]=Cc2ccccc21.[CH3-].[CH3-].[CH3-].[CH3-].[CH3-].[Hf].c1cc[cH-]c1. The molecule has 3 rings (SSSR count). The second kappa shape index (κ2) is 18.5. The van der Waals surface area contributed by atoms with Crippen molar-refractivity contribution in [2.45, 2.75) is 26.2 Å². The van der Waals surface area contributed by atoms with E-state index in [9.17, 15) is 0 Å². The van der Waals surface area contributed by atoms with Crippen LogP contribution in [-0.2, 0) is 25.8 Å². The molecule has 0 amide bonds.